The molecule has 0 bridgehead atoms. The quantitative estimate of drug-likeness (QED) is 0.725. The molecule has 0 aliphatic carbocycles. The van der Waals surface area contributed by atoms with Gasteiger partial charge in [-0.05, 0) is 53.1 Å². The Morgan fingerprint density at radius 2 is 2.00 bits per heavy atom. The number of likely N-dealkylation sites (N-methyl/N-ethyl adjacent to an activating group) is 1. The van der Waals surface area contributed by atoms with E-state index in [1.165, 1.54) is 18.5 Å². The van der Waals surface area contributed by atoms with E-state index in [9.17, 15) is 0 Å². The maximum atomic E-state index is 5.65. The Balaban J connectivity index is 1.82. The summed E-state index contributed by atoms with van der Waals surface area (Å²) >= 11 is 3.56. The summed E-state index contributed by atoms with van der Waals surface area (Å²) < 4.78 is 12.2. The number of benzene rings is 1. The van der Waals surface area contributed by atoms with Gasteiger partial charge in [0.15, 0.2) is 11.5 Å². The fourth-order valence-corrected chi connectivity index (χ4v) is 3.08. The highest BCUT2D eigenvalue weighted by Gasteiger charge is 2.16. The Kier molecular flexibility index (Phi) is 6.80. The molecule has 21 heavy (non-hydrogen) atoms. The van der Waals surface area contributed by atoms with E-state index in [4.69, 9.17) is 9.47 Å². The first kappa shape index (κ1) is 16.6. The zero-order valence-electron chi connectivity index (χ0n) is 13.0. The smallest absolute Gasteiger partial charge is 0.175 e. The van der Waals surface area contributed by atoms with Crippen LogP contribution in [0.3, 0.4) is 0 Å². The van der Waals surface area contributed by atoms with Gasteiger partial charge < -0.3 is 19.7 Å². The molecule has 4 nitrogen and oxygen atoms in total. The summed E-state index contributed by atoms with van der Waals surface area (Å²) in [5.41, 5.74) is 1.21. The molecular weight excluding hydrogens is 332 g/mol. The number of rotatable bonds is 8. The number of hydrogen-bond donors (Lipinski definition) is 1. The van der Waals surface area contributed by atoms with Crippen LogP contribution < -0.4 is 14.8 Å². The van der Waals surface area contributed by atoms with Crippen LogP contribution in [0.1, 0.15) is 25.8 Å². The molecule has 0 atom stereocenters. The van der Waals surface area contributed by atoms with Crippen molar-refractivity contribution in [3.05, 3.63) is 22.2 Å². The molecular formula is C16H25BrN2O2. The summed E-state index contributed by atoms with van der Waals surface area (Å²) in [6, 6.07) is 4.17. The second-order valence-corrected chi connectivity index (χ2v) is 6.07. The Labute approximate surface area is 135 Å². The fraction of sp³-hybridized carbons (Fsp3) is 0.625. The lowest BCUT2D eigenvalue weighted by atomic mass is 10.2. The molecule has 0 saturated heterocycles. The van der Waals surface area contributed by atoms with Crippen molar-refractivity contribution in [3.63, 3.8) is 0 Å². The minimum Gasteiger partial charge on any atom is -0.486 e. The van der Waals surface area contributed by atoms with Gasteiger partial charge >= 0.3 is 0 Å². The summed E-state index contributed by atoms with van der Waals surface area (Å²) in [4.78, 5) is 2.47. The molecule has 0 saturated carbocycles. The van der Waals surface area contributed by atoms with Gasteiger partial charge in [0.2, 0.25) is 0 Å². The molecule has 1 aromatic carbocycles. The molecule has 1 aromatic rings. The Morgan fingerprint density at radius 3 is 2.76 bits per heavy atom. The summed E-state index contributed by atoms with van der Waals surface area (Å²) in [6.07, 6.45) is 1.21. The zero-order valence-corrected chi connectivity index (χ0v) is 14.5. The van der Waals surface area contributed by atoms with Crippen LogP contribution in [0.5, 0.6) is 11.5 Å². The van der Waals surface area contributed by atoms with Gasteiger partial charge in [-0.25, -0.2) is 0 Å². The number of fused-ring (bicyclic) bond motifs is 1. The molecule has 118 valence electrons. The molecule has 0 radical (unpaired) electrons. The minimum absolute atomic E-state index is 0.619. The lowest BCUT2D eigenvalue weighted by Gasteiger charge is -2.21. The van der Waals surface area contributed by atoms with Crippen molar-refractivity contribution in [2.24, 2.45) is 0 Å². The predicted molar refractivity (Wildman–Crippen MR) is 89.2 cm³/mol. The summed E-state index contributed by atoms with van der Waals surface area (Å²) in [6.45, 7) is 10.9. The van der Waals surface area contributed by atoms with Crippen molar-refractivity contribution >= 4 is 15.9 Å². The van der Waals surface area contributed by atoms with Gasteiger partial charge in [-0.3, -0.25) is 0 Å². The third-order valence-corrected chi connectivity index (χ3v) is 4.17. The van der Waals surface area contributed by atoms with Gasteiger partial charge in [0.25, 0.3) is 0 Å². The number of hydrogen-bond acceptors (Lipinski definition) is 4. The first-order valence-electron chi connectivity index (χ1n) is 7.75. The van der Waals surface area contributed by atoms with Crippen LogP contribution in [-0.4, -0.2) is 44.3 Å². The second kappa shape index (κ2) is 8.61. The van der Waals surface area contributed by atoms with Crippen LogP contribution in [0.25, 0.3) is 0 Å². The molecule has 0 spiro atoms. The largest absolute Gasteiger partial charge is 0.486 e. The molecule has 0 unspecified atom stereocenters. The molecule has 1 heterocycles. The van der Waals surface area contributed by atoms with E-state index < -0.39 is 0 Å². The predicted octanol–water partition coefficient (Wildman–Crippen LogP) is 3.04. The normalized spacial score (nSPS) is 13.7. The number of nitrogens with one attached hydrogen (secondary N) is 1. The molecule has 0 aromatic heterocycles. The monoisotopic (exact) mass is 356 g/mol. The van der Waals surface area contributed by atoms with Crippen molar-refractivity contribution in [1.29, 1.82) is 0 Å². The Morgan fingerprint density at radius 1 is 1.19 bits per heavy atom. The van der Waals surface area contributed by atoms with Crippen LogP contribution in [-0.2, 0) is 6.54 Å². The molecule has 1 N–H and O–H groups in total. The first-order valence-corrected chi connectivity index (χ1v) is 8.55. The third kappa shape index (κ3) is 4.87. The van der Waals surface area contributed by atoms with Crippen LogP contribution >= 0.6 is 15.9 Å². The van der Waals surface area contributed by atoms with E-state index in [1.54, 1.807) is 0 Å². The minimum atomic E-state index is 0.619. The maximum Gasteiger partial charge on any atom is 0.175 e. The molecule has 1 aliphatic rings. The van der Waals surface area contributed by atoms with Gasteiger partial charge in [-0.2, -0.15) is 0 Å². The van der Waals surface area contributed by atoms with Gasteiger partial charge in [0.1, 0.15) is 13.2 Å². The third-order valence-electron chi connectivity index (χ3n) is 3.58. The highest BCUT2D eigenvalue weighted by molar-refractivity contribution is 9.10. The van der Waals surface area contributed by atoms with Gasteiger partial charge in [-0.1, -0.05) is 13.8 Å². The van der Waals surface area contributed by atoms with Crippen LogP contribution in [0.4, 0.5) is 0 Å². The topological polar surface area (TPSA) is 33.7 Å². The SMILES string of the molecule is CCCN(CC)CCNCc1cc(Br)c2c(c1)OCCO2. The van der Waals surface area contributed by atoms with Crippen LogP contribution in [0, 0.1) is 0 Å². The lowest BCUT2D eigenvalue weighted by Crippen LogP contribution is -2.32. The zero-order chi connectivity index (χ0) is 15.1. The average molecular weight is 357 g/mol. The molecule has 5 heteroatoms. The fourth-order valence-electron chi connectivity index (χ4n) is 2.48. The summed E-state index contributed by atoms with van der Waals surface area (Å²) in [7, 11) is 0. The summed E-state index contributed by atoms with van der Waals surface area (Å²) in [5, 5.41) is 3.50. The Bertz CT molecular complexity index is 454. The molecule has 1 aliphatic heterocycles. The average Bonchev–Trinajstić information content (AvgIpc) is 2.50. The first-order chi connectivity index (χ1) is 10.2. The molecule has 0 fully saturated rings. The van der Waals surface area contributed by atoms with Gasteiger partial charge in [-0.15, -0.1) is 0 Å². The van der Waals surface area contributed by atoms with Crippen LogP contribution in [0.2, 0.25) is 0 Å². The second-order valence-electron chi connectivity index (χ2n) is 5.21. The van der Waals surface area contributed by atoms with Crippen molar-refractivity contribution in [3.8, 4) is 11.5 Å². The van der Waals surface area contributed by atoms with Crippen molar-refractivity contribution < 1.29 is 9.47 Å². The molecule has 0 amide bonds. The van der Waals surface area contributed by atoms with Gasteiger partial charge in [0, 0.05) is 19.6 Å². The van der Waals surface area contributed by atoms with Crippen molar-refractivity contribution in [2.45, 2.75) is 26.8 Å². The number of halogens is 1. The number of ether oxygens (including phenoxy) is 2. The van der Waals surface area contributed by atoms with Crippen molar-refractivity contribution in [2.75, 3.05) is 39.4 Å². The molecule has 2 rings (SSSR count). The standard InChI is InChI=1S/C16H25BrN2O2/c1-3-6-19(4-2)7-5-18-12-13-10-14(17)16-15(11-13)20-8-9-21-16/h10-11,18H,3-9,12H2,1-2H3. The Hall–Kier alpha value is -0.780. The maximum absolute atomic E-state index is 5.65. The van der Waals surface area contributed by atoms with Crippen molar-refractivity contribution in [1.82, 2.24) is 10.2 Å². The summed E-state index contributed by atoms with van der Waals surface area (Å²) in [5.74, 6) is 1.67. The van der Waals surface area contributed by atoms with Gasteiger partial charge in [0.05, 0.1) is 4.47 Å². The van der Waals surface area contributed by atoms with E-state index >= 15 is 0 Å². The van der Waals surface area contributed by atoms with E-state index in [-0.39, 0.29) is 0 Å². The number of nitrogens with zero attached hydrogens (tertiary/aromatic N) is 1. The van der Waals surface area contributed by atoms with E-state index in [1.807, 2.05) is 0 Å². The van der Waals surface area contributed by atoms with E-state index in [0.29, 0.717) is 13.2 Å². The highest BCUT2D eigenvalue weighted by atomic mass is 79.9. The highest BCUT2D eigenvalue weighted by Crippen LogP contribution is 2.38. The van der Waals surface area contributed by atoms with Crippen LogP contribution in [0.15, 0.2) is 16.6 Å². The lowest BCUT2D eigenvalue weighted by molar-refractivity contribution is 0.170. The van der Waals surface area contributed by atoms with E-state index in [2.05, 4.69) is 52.1 Å². The van der Waals surface area contributed by atoms with E-state index in [0.717, 1.165) is 42.2 Å².